The Morgan fingerprint density at radius 1 is 1.35 bits per heavy atom. The summed E-state index contributed by atoms with van der Waals surface area (Å²) < 4.78 is 25.6. The van der Waals surface area contributed by atoms with Crippen LogP contribution in [0.4, 0.5) is 0 Å². The zero-order valence-corrected chi connectivity index (χ0v) is 13.3. The summed E-state index contributed by atoms with van der Waals surface area (Å²) in [5, 5.41) is 13.1. The molecule has 0 amide bonds. The Balaban J connectivity index is 2.22. The first kappa shape index (κ1) is 14.0. The summed E-state index contributed by atoms with van der Waals surface area (Å²) in [4.78, 5) is 0. The van der Waals surface area contributed by atoms with Gasteiger partial charge in [-0.25, -0.2) is 13.6 Å². The van der Waals surface area contributed by atoms with Gasteiger partial charge in [0.15, 0.2) is 5.82 Å². The molecule has 1 aromatic carbocycles. The molecule has 106 valence electrons. The van der Waals surface area contributed by atoms with Gasteiger partial charge in [0.05, 0.1) is 5.02 Å². The molecule has 1 fully saturated rings. The van der Waals surface area contributed by atoms with Gasteiger partial charge in [-0.1, -0.05) is 27.5 Å². The number of aromatic nitrogens is 3. The standard InChI is InChI=1S/C11H10BrClN4O2S/c12-6-1-4-8(9(13)5-6)10-15-16-11(20(14,18)19)17(10)7-2-3-7/h1,4-5,7H,2-3H2,(H2,14,18,19). The lowest BCUT2D eigenvalue weighted by Crippen LogP contribution is -2.18. The predicted octanol–water partition coefficient (Wildman–Crippen LogP) is 2.34. The van der Waals surface area contributed by atoms with Gasteiger partial charge in [0.1, 0.15) is 0 Å². The maximum atomic E-state index is 11.6. The lowest BCUT2D eigenvalue weighted by Gasteiger charge is -2.09. The molecule has 0 radical (unpaired) electrons. The highest BCUT2D eigenvalue weighted by Gasteiger charge is 2.34. The zero-order valence-electron chi connectivity index (χ0n) is 10.1. The summed E-state index contributed by atoms with van der Waals surface area (Å²) in [6, 6.07) is 5.36. The van der Waals surface area contributed by atoms with E-state index in [2.05, 4.69) is 26.1 Å². The Morgan fingerprint density at radius 3 is 2.60 bits per heavy atom. The van der Waals surface area contributed by atoms with Crippen molar-refractivity contribution in [3.8, 4) is 11.4 Å². The molecule has 0 spiro atoms. The van der Waals surface area contributed by atoms with Crippen molar-refractivity contribution < 1.29 is 8.42 Å². The Hall–Kier alpha value is -0.960. The molecule has 20 heavy (non-hydrogen) atoms. The molecule has 1 saturated carbocycles. The minimum atomic E-state index is -3.91. The van der Waals surface area contributed by atoms with Gasteiger partial charge in [-0.15, -0.1) is 10.2 Å². The van der Waals surface area contributed by atoms with Gasteiger partial charge in [-0.3, -0.25) is 4.57 Å². The number of primary sulfonamides is 1. The highest BCUT2D eigenvalue weighted by Crippen LogP contribution is 2.41. The summed E-state index contributed by atoms with van der Waals surface area (Å²) in [5.74, 6) is 0.425. The van der Waals surface area contributed by atoms with Gasteiger partial charge < -0.3 is 0 Å². The van der Waals surface area contributed by atoms with Crippen molar-refractivity contribution in [3.63, 3.8) is 0 Å². The number of nitrogens with two attached hydrogens (primary N) is 1. The van der Waals surface area contributed by atoms with Crippen molar-refractivity contribution >= 4 is 37.6 Å². The van der Waals surface area contributed by atoms with Gasteiger partial charge >= 0.3 is 0 Å². The van der Waals surface area contributed by atoms with Gasteiger partial charge in [0.2, 0.25) is 0 Å². The second-order valence-electron chi connectivity index (χ2n) is 4.58. The Morgan fingerprint density at radius 2 is 2.05 bits per heavy atom. The van der Waals surface area contributed by atoms with Crippen LogP contribution < -0.4 is 5.14 Å². The van der Waals surface area contributed by atoms with Crippen molar-refractivity contribution in [1.82, 2.24) is 14.8 Å². The van der Waals surface area contributed by atoms with E-state index in [1.54, 1.807) is 16.7 Å². The number of benzene rings is 1. The number of halogens is 2. The van der Waals surface area contributed by atoms with Gasteiger partial charge in [0, 0.05) is 16.1 Å². The first-order chi connectivity index (χ1) is 9.38. The van der Waals surface area contributed by atoms with E-state index < -0.39 is 10.0 Å². The SMILES string of the molecule is NS(=O)(=O)c1nnc(-c2ccc(Br)cc2Cl)n1C1CC1. The van der Waals surface area contributed by atoms with Crippen molar-refractivity contribution in [2.75, 3.05) is 0 Å². The molecule has 1 aliphatic carbocycles. The molecule has 0 atom stereocenters. The fraction of sp³-hybridized carbons (Fsp3) is 0.273. The first-order valence-electron chi connectivity index (χ1n) is 5.81. The van der Waals surface area contributed by atoms with E-state index in [0.29, 0.717) is 16.4 Å². The lowest BCUT2D eigenvalue weighted by atomic mass is 10.2. The smallest absolute Gasteiger partial charge is 0.273 e. The van der Waals surface area contributed by atoms with Crippen LogP contribution in [-0.4, -0.2) is 23.2 Å². The number of hydrogen-bond donors (Lipinski definition) is 1. The molecule has 0 bridgehead atoms. The van der Waals surface area contributed by atoms with E-state index >= 15 is 0 Å². The van der Waals surface area contributed by atoms with E-state index in [1.807, 2.05) is 6.07 Å². The van der Waals surface area contributed by atoms with Crippen LogP contribution in [0.5, 0.6) is 0 Å². The molecule has 1 aliphatic rings. The molecule has 9 heteroatoms. The van der Waals surface area contributed by atoms with Crippen LogP contribution in [0.1, 0.15) is 18.9 Å². The van der Waals surface area contributed by atoms with Crippen LogP contribution in [0, 0.1) is 0 Å². The third kappa shape index (κ3) is 2.48. The lowest BCUT2D eigenvalue weighted by molar-refractivity contribution is 0.567. The molecule has 3 rings (SSSR count). The Bertz CT molecular complexity index is 786. The Labute approximate surface area is 129 Å². The van der Waals surface area contributed by atoms with E-state index in [-0.39, 0.29) is 11.2 Å². The molecule has 6 nitrogen and oxygen atoms in total. The van der Waals surface area contributed by atoms with Crippen molar-refractivity contribution in [2.45, 2.75) is 24.0 Å². The molecule has 2 N–H and O–H groups in total. The van der Waals surface area contributed by atoms with Crippen LogP contribution in [-0.2, 0) is 10.0 Å². The molecule has 0 saturated heterocycles. The quantitative estimate of drug-likeness (QED) is 0.889. The second kappa shape index (κ2) is 4.80. The van der Waals surface area contributed by atoms with Gasteiger partial charge in [0.25, 0.3) is 15.2 Å². The highest BCUT2D eigenvalue weighted by atomic mass is 79.9. The van der Waals surface area contributed by atoms with Crippen LogP contribution in [0.2, 0.25) is 5.02 Å². The van der Waals surface area contributed by atoms with Crippen LogP contribution in [0.15, 0.2) is 27.8 Å². The molecular weight excluding hydrogens is 368 g/mol. The summed E-state index contributed by atoms with van der Waals surface area (Å²) in [6.07, 6.45) is 1.75. The third-order valence-corrected chi connectivity index (χ3v) is 4.60. The van der Waals surface area contributed by atoms with Crippen LogP contribution in [0.3, 0.4) is 0 Å². The topological polar surface area (TPSA) is 90.9 Å². The molecule has 2 aromatic rings. The zero-order chi connectivity index (χ0) is 14.5. The molecule has 1 aromatic heterocycles. The fourth-order valence-corrected chi connectivity index (χ4v) is 3.41. The van der Waals surface area contributed by atoms with E-state index in [1.165, 1.54) is 0 Å². The summed E-state index contributed by atoms with van der Waals surface area (Å²) >= 11 is 9.52. The van der Waals surface area contributed by atoms with Crippen molar-refractivity contribution in [1.29, 1.82) is 0 Å². The fourth-order valence-electron chi connectivity index (χ4n) is 1.99. The van der Waals surface area contributed by atoms with E-state index in [9.17, 15) is 8.42 Å². The Kier molecular flexibility index (Phi) is 3.36. The summed E-state index contributed by atoms with van der Waals surface area (Å²) in [5.41, 5.74) is 0.629. The first-order valence-corrected chi connectivity index (χ1v) is 8.53. The molecular formula is C11H10BrClN4O2S. The maximum absolute atomic E-state index is 11.6. The normalized spacial score (nSPS) is 15.6. The summed E-state index contributed by atoms with van der Waals surface area (Å²) in [7, 11) is -3.91. The van der Waals surface area contributed by atoms with Gasteiger partial charge in [-0.2, -0.15) is 0 Å². The number of sulfonamides is 1. The monoisotopic (exact) mass is 376 g/mol. The highest BCUT2D eigenvalue weighted by molar-refractivity contribution is 9.10. The number of nitrogens with zero attached hydrogens (tertiary/aromatic N) is 3. The molecule has 0 unspecified atom stereocenters. The summed E-state index contributed by atoms with van der Waals surface area (Å²) in [6.45, 7) is 0. The molecule has 0 aliphatic heterocycles. The second-order valence-corrected chi connectivity index (χ2v) is 7.35. The average Bonchev–Trinajstić information content (AvgIpc) is 3.07. The maximum Gasteiger partial charge on any atom is 0.273 e. The van der Waals surface area contributed by atoms with Crippen LogP contribution >= 0.6 is 27.5 Å². The minimum Gasteiger partial charge on any atom is -0.294 e. The predicted molar refractivity (Wildman–Crippen MR) is 77.8 cm³/mol. The third-order valence-electron chi connectivity index (χ3n) is 3.00. The van der Waals surface area contributed by atoms with E-state index in [4.69, 9.17) is 16.7 Å². The molecule has 1 heterocycles. The van der Waals surface area contributed by atoms with Crippen LogP contribution in [0.25, 0.3) is 11.4 Å². The van der Waals surface area contributed by atoms with Crippen molar-refractivity contribution in [2.24, 2.45) is 5.14 Å². The minimum absolute atomic E-state index is 0.0630. The largest absolute Gasteiger partial charge is 0.294 e. The van der Waals surface area contributed by atoms with Gasteiger partial charge in [-0.05, 0) is 31.0 Å². The number of rotatable bonds is 3. The van der Waals surface area contributed by atoms with Crippen molar-refractivity contribution in [3.05, 3.63) is 27.7 Å². The average molecular weight is 378 g/mol. The number of hydrogen-bond acceptors (Lipinski definition) is 4. The van der Waals surface area contributed by atoms with E-state index in [0.717, 1.165) is 17.3 Å².